The molecule has 0 bridgehead atoms. The predicted molar refractivity (Wildman–Crippen MR) is 119 cm³/mol. The van der Waals surface area contributed by atoms with E-state index in [2.05, 4.69) is 30.1 Å². The molecule has 0 spiro atoms. The molecule has 0 unspecified atom stereocenters. The fourth-order valence-corrected chi connectivity index (χ4v) is 4.74. The molecule has 4 rings (SSSR count). The largest absolute Gasteiger partial charge is 0.360 e. The van der Waals surface area contributed by atoms with Gasteiger partial charge in [-0.15, -0.1) is 11.8 Å². The number of ketones is 1. The van der Waals surface area contributed by atoms with Crippen LogP contribution in [0.25, 0.3) is 10.9 Å². The second kappa shape index (κ2) is 8.49. The lowest BCUT2D eigenvalue weighted by molar-refractivity contribution is 0.0991. The minimum atomic E-state index is -0.231. The van der Waals surface area contributed by atoms with Gasteiger partial charge in [-0.1, -0.05) is 85.8 Å². The van der Waals surface area contributed by atoms with E-state index in [0.29, 0.717) is 0 Å². The molecule has 28 heavy (non-hydrogen) atoms. The first-order valence-corrected chi connectivity index (χ1v) is 10.7. The molecule has 2 nitrogen and oxygen atoms in total. The summed E-state index contributed by atoms with van der Waals surface area (Å²) < 4.78 is 0. The Balaban J connectivity index is 1.69. The Morgan fingerprint density at radius 2 is 1.64 bits per heavy atom. The van der Waals surface area contributed by atoms with Crippen LogP contribution in [0.2, 0.25) is 0 Å². The molecular weight excluding hydrogens is 362 g/mol. The third kappa shape index (κ3) is 3.76. The molecule has 0 saturated heterocycles. The highest BCUT2D eigenvalue weighted by molar-refractivity contribution is 7.99. The van der Waals surface area contributed by atoms with Crippen LogP contribution in [-0.2, 0) is 12.2 Å². The number of para-hydroxylation sites is 1. The third-order valence-electron chi connectivity index (χ3n) is 5.05. The van der Waals surface area contributed by atoms with E-state index in [1.54, 1.807) is 11.8 Å². The monoisotopic (exact) mass is 385 g/mol. The van der Waals surface area contributed by atoms with Crippen molar-refractivity contribution < 1.29 is 4.79 Å². The van der Waals surface area contributed by atoms with Gasteiger partial charge in [0.15, 0.2) is 5.78 Å². The summed E-state index contributed by atoms with van der Waals surface area (Å²) >= 11 is 1.69. The van der Waals surface area contributed by atoms with Crippen molar-refractivity contribution in [1.82, 2.24) is 4.98 Å². The van der Waals surface area contributed by atoms with Gasteiger partial charge in [-0.2, -0.15) is 0 Å². The summed E-state index contributed by atoms with van der Waals surface area (Å²) in [5.74, 6) is 0.959. The van der Waals surface area contributed by atoms with Crippen molar-refractivity contribution in [2.24, 2.45) is 0 Å². The van der Waals surface area contributed by atoms with Crippen LogP contribution < -0.4 is 0 Å². The number of benzene rings is 3. The number of hydrogen-bond donors (Lipinski definition) is 1. The summed E-state index contributed by atoms with van der Waals surface area (Å²) in [5, 5.41) is 0.788. The van der Waals surface area contributed by atoms with Crippen molar-refractivity contribution >= 4 is 28.4 Å². The fraction of sp³-hybridized carbons (Fsp3) is 0.160. The quantitative estimate of drug-likeness (QED) is 0.364. The molecular formula is C25H23NOS. The van der Waals surface area contributed by atoms with Gasteiger partial charge < -0.3 is 4.98 Å². The average molecular weight is 386 g/mol. The van der Waals surface area contributed by atoms with Gasteiger partial charge in [0, 0.05) is 28.4 Å². The number of nitrogens with one attached hydrogen (secondary N) is 1. The smallest absolute Gasteiger partial charge is 0.182 e. The minimum Gasteiger partial charge on any atom is -0.360 e. The number of fused-ring (bicyclic) bond motifs is 1. The number of aryl methyl sites for hydroxylation is 1. The molecule has 0 aliphatic heterocycles. The molecule has 1 aromatic heterocycles. The molecule has 3 aromatic carbocycles. The van der Waals surface area contributed by atoms with Crippen molar-refractivity contribution in [2.75, 3.05) is 0 Å². The van der Waals surface area contributed by atoms with Crippen molar-refractivity contribution in [2.45, 2.75) is 24.3 Å². The Morgan fingerprint density at radius 3 is 2.36 bits per heavy atom. The summed E-state index contributed by atoms with van der Waals surface area (Å²) in [7, 11) is 0. The zero-order valence-corrected chi connectivity index (χ0v) is 16.7. The predicted octanol–water partition coefficient (Wildman–Crippen LogP) is 6.59. The van der Waals surface area contributed by atoms with Crippen molar-refractivity contribution in [3.05, 3.63) is 107 Å². The van der Waals surface area contributed by atoms with E-state index in [4.69, 9.17) is 0 Å². The molecule has 1 heterocycles. The van der Waals surface area contributed by atoms with Crippen LogP contribution in [0.5, 0.6) is 0 Å². The van der Waals surface area contributed by atoms with Crippen LogP contribution in [0, 0.1) is 0 Å². The van der Waals surface area contributed by atoms with E-state index in [-0.39, 0.29) is 11.0 Å². The zero-order valence-electron chi connectivity index (χ0n) is 15.9. The van der Waals surface area contributed by atoms with E-state index < -0.39 is 0 Å². The Labute approximate surface area is 170 Å². The number of carbonyl (C=O) groups is 1. The maximum absolute atomic E-state index is 13.6. The lowest BCUT2D eigenvalue weighted by Crippen LogP contribution is -2.10. The van der Waals surface area contributed by atoms with Crippen LogP contribution in [0.1, 0.15) is 39.2 Å². The molecule has 0 aliphatic rings. The van der Waals surface area contributed by atoms with Crippen LogP contribution >= 0.6 is 11.8 Å². The van der Waals surface area contributed by atoms with Crippen LogP contribution in [-0.4, -0.2) is 10.8 Å². The van der Waals surface area contributed by atoms with Gasteiger partial charge in [0.05, 0.1) is 5.25 Å². The van der Waals surface area contributed by atoms with Crippen molar-refractivity contribution in [1.29, 1.82) is 0 Å². The summed E-state index contributed by atoms with van der Waals surface area (Å²) in [6.45, 7) is 2.14. The first-order chi connectivity index (χ1) is 13.8. The summed E-state index contributed by atoms with van der Waals surface area (Å²) in [6, 6.07) is 26.6. The van der Waals surface area contributed by atoms with Crippen molar-refractivity contribution in [3.8, 4) is 0 Å². The standard InChI is InChI=1S/C25H23NOS/c1-2-19-14-9-15-21-22(16-26-23(19)21)24(27)25(20-12-7-4-8-13-20)28-17-18-10-5-3-6-11-18/h3-16,25-26H,2,17H2,1H3/t25-/m0/s1. The molecule has 4 aromatic rings. The first kappa shape index (κ1) is 18.6. The summed E-state index contributed by atoms with van der Waals surface area (Å²) in [4.78, 5) is 16.9. The van der Waals surface area contributed by atoms with Gasteiger partial charge in [0.2, 0.25) is 0 Å². The molecule has 1 atom stereocenters. The lowest BCUT2D eigenvalue weighted by atomic mass is 10.0. The molecule has 0 aliphatic carbocycles. The second-order valence-electron chi connectivity index (χ2n) is 6.85. The van der Waals surface area contributed by atoms with E-state index in [1.165, 1.54) is 11.1 Å². The fourth-order valence-electron chi connectivity index (χ4n) is 3.56. The van der Waals surface area contributed by atoms with Gasteiger partial charge in [0.25, 0.3) is 0 Å². The molecule has 0 saturated carbocycles. The maximum Gasteiger partial charge on any atom is 0.182 e. The van der Waals surface area contributed by atoms with Gasteiger partial charge >= 0.3 is 0 Å². The van der Waals surface area contributed by atoms with E-state index >= 15 is 0 Å². The third-order valence-corrected chi connectivity index (χ3v) is 6.37. The maximum atomic E-state index is 13.6. The zero-order chi connectivity index (χ0) is 19.3. The van der Waals surface area contributed by atoms with Crippen molar-refractivity contribution in [3.63, 3.8) is 0 Å². The van der Waals surface area contributed by atoms with Gasteiger partial charge in [-0.3, -0.25) is 4.79 Å². The summed E-state index contributed by atoms with van der Waals surface area (Å²) in [6.07, 6.45) is 2.82. The van der Waals surface area contributed by atoms with Crippen LogP contribution in [0.15, 0.2) is 85.1 Å². The highest BCUT2D eigenvalue weighted by Crippen LogP contribution is 2.36. The average Bonchev–Trinajstić information content (AvgIpc) is 3.19. The number of thioether (sulfide) groups is 1. The Kier molecular flexibility index (Phi) is 5.63. The first-order valence-electron chi connectivity index (χ1n) is 9.61. The lowest BCUT2D eigenvalue weighted by Gasteiger charge is -2.16. The number of H-pyrrole nitrogens is 1. The molecule has 0 radical (unpaired) electrons. The SMILES string of the molecule is CCc1cccc2c(C(=O)[C@@H](SCc3ccccc3)c3ccccc3)c[nH]c12. The second-order valence-corrected chi connectivity index (χ2v) is 7.94. The van der Waals surface area contributed by atoms with Crippen LogP contribution in [0.4, 0.5) is 0 Å². The molecule has 3 heteroatoms. The number of hydrogen-bond acceptors (Lipinski definition) is 2. The summed E-state index contributed by atoms with van der Waals surface area (Å²) in [5.41, 5.74) is 5.38. The Bertz CT molecular complexity index is 1070. The van der Waals surface area contributed by atoms with Gasteiger partial charge in [0.1, 0.15) is 0 Å². The number of carbonyl (C=O) groups excluding carboxylic acids is 1. The molecule has 140 valence electrons. The number of rotatable bonds is 7. The van der Waals surface area contributed by atoms with E-state index in [1.807, 2.05) is 66.9 Å². The normalized spacial score (nSPS) is 12.2. The Morgan fingerprint density at radius 1 is 0.929 bits per heavy atom. The van der Waals surface area contributed by atoms with Crippen LogP contribution in [0.3, 0.4) is 0 Å². The molecule has 0 amide bonds. The number of aromatic nitrogens is 1. The number of aromatic amines is 1. The topological polar surface area (TPSA) is 32.9 Å². The minimum absolute atomic E-state index is 0.159. The molecule has 1 N–H and O–H groups in total. The number of Topliss-reactive ketones (excluding diaryl/α,β-unsaturated/α-hetero) is 1. The van der Waals surface area contributed by atoms with E-state index in [0.717, 1.165) is 34.2 Å². The Hall–Kier alpha value is -2.78. The molecule has 0 fully saturated rings. The van der Waals surface area contributed by atoms with Gasteiger partial charge in [-0.25, -0.2) is 0 Å². The van der Waals surface area contributed by atoms with E-state index in [9.17, 15) is 4.79 Å². The van der Waals surface area contributed by atoms with Gasteiger partial charge in [-0.05, 0) is 23.1 Å². The highest BCUT2D eigenvalue weighted by Gasteiger charge is 2.25. The highest BCUT2D eigenvalue weighted by atomic mass is 32.2.